The predicted octanol–water partition coefficient (Wildman–Crippen LogP) is 3.54. The first kappa shape index (κ1) is 15.8. The molecule has 0 aromatic rings. The van der Waals surface area contributed by atoms with Gasteiger partial charge in [-0.3, -0.25) is 10.1 Å². The number of nitrogens with one attached hydrogen (secondary N) is 1. The summed E-state index contributed by atoms with van der Waals surface area (Å²) in [4.78, 5) is 14.9. The highest BCUT2D eigenvalue weighted by Gasteiger charge is 2.42. The average Bonchev–Trinajstić information content (AvgIpc) is 2.74. The summed E-state index contributed by atoms with van der Waals surface area (Å²) < 4.78 is 0. The van der Waals surface area contributed by atoms with Crippen molar-refractivity contribution in [3.05, 3.63) is 0 Å². The van der Waals surface area contributed by atoms with Crippen LogP contribution in [0.3, 0.4) is 0 Å². The summed E-state index contributed by atoms with van der Waals surface area (Å²) in [5.41, 5.74) is 0. The van der Waals surface area contributed by atoms with Gasteiger partial charge in [-0.05, 0) is 37.5 Å². The fraction of sp³-hybridized carbons (Fsp3) is 0.941. The lowest BCUT2D eigenvalue weighted by Gasteiger charge is -2.38. The number of hydrogen-bond donors (Lipinski definition) is 1. The van der Waals surface area contributed by atoms with E-state index in [1.165, 1.54) is 32.1 Å². The van der Waals surface area contributed by atoms with Crippen molar-refractivity contribution in [2.75, 3.05) is 0 Å². The first-order valence-electron chi connectivity index (χ1n) is 8.65. The molecule has 1 aliphatic heterocycles. The summed E-state index contributed by atoms with van der Waals surface area (Å²) in [6.45, 7) is 8.90. The maximum absolute atomic E-state index is 12.7. The molecule has 3 heteroatoms. The van der Waals surface area contributed by atoms with E-state index in [0.717, 1.165) is 18.8 Å². The van der Waals surface area contributed by atoms with Gasteiger partial charge in [0.2, 0.25) is 5.91 Å². The maximum Gasteiger partial charge on any atom is 0.241 e. The van der Waals surface area contributed by atoms with E-state index in [0.29, 0.717) is 17.9 Å². The summed E-state index contributed by atoms with van der Waals surface area (Å²) in [5.74, 6) is 1.81. The van der Waals surface area contributed by atoms with Crippen LogP contribution in [-0.2, 0) is 4.79 Å². The molecule has 20 heavy (non-hydrogen) atoms. The van der Waals surface area contributed by atoms with Crippen molar-refractivity contribution in [3.8, 4) is 0 Å². The van der Waals surface area contributed by atoms with E-state index in [1.54, 1.807) is 0 Å². The van der Waals surface area contributed by atoms with Crippen molar-refractivity contribution < 1.29 is 4.79 Å². The van der Waals surface area contributed by atoms with Crippen LogP contribution in [-0.4, -0.2) is 29.1 Å². The normalized spacial score (nSPS) is 35.0. The molecule has 1 heterocycles. The monoisotopic (exact) mass is 280 g/mol. The molecule has 0 spiro atoms. The molecule has 0 radical (unpaired) electrons. The van der Waals surface area contributed by atoms with Gasteiger partial charge in [-0.25, -0.2) is 0 Å². The van der Waals surface area contributed by atoms with Gasteiger partial charge < -0.3 is 4.90 Å². The quantitative estimate of drug-likeness (QED) is 0.835. The van der Waals surface area contributed by atoms with Gasteiger partial charge in [0.1, 0.15) is 0 Å². The zero-order chi connectivity index (χ0) is 14.7. The number of amides is 1. The van der Waals surface area contributed by atoms with E-state index in [2.05, 4.69) is 37.9 Å². The van der Waals surface area contributed by atoms with Gasteiger partial charge in [0.15, 0.2) is 0 Å². The third-order valence-corrected chi connectivity index (χ3v) is 5.11. The molecule has 1 saturated carbocycles. The van der Waals surface area contributed by atoms with Crippen LogP contribution in [0.4, 0.5) is 0 Å². The zero-order valence-corrected chi connectivity index (χ0v) is 13.7. The van der Waals surface area contributed by atoms with Crippen LogP contribution in [0.15, 0.2) is 0 Å². The van der Waals surface area contributed by atoms with Crippen LogP contribution >= 0.6 is 0 Å². The maximum atomic E-state index is 12.7. The fourth-order valence-corrected chi connectivity index (χ4v) is 3.96. The van der Waals surface area contributed by atoms with Gasteiger partial charge in [-0.15, -0.1) is 0 Å². The SMILES string of the molecule is CCC1CCCC(N2C(=O)C(CC)NC2CC(C)C)C1. The Bertz CT molecular complexity index is 329. The smallest absolute Gasteiger partial charge is 0.241 e. The van der Waals surface area contributed by atoms with E-state index in [-0.39, 0.29) is 12.2 Å². The molecule has 1 aliphatic carbocycles. The second-order valence-corrected chi connectivity index (χ2v) is 7.11. The minimum absolute atomic E-state index is 0.0563. The Kier molecular flexibility index (Phi) is 5.48. The molecule has 2 aliphatic rings. The first-order valence-corrected chi connectivity index (χ1v) is 8.65. The zero-order valence-electron chi connectivity index (χ0n) is 13.7. The highest BCUT2D eigenvalue weighted by atomic mass is 16.2. The Hall–Kier alpha value is -0.570. The molecule has 0 aromatic carbocycles. The van der Waals surface area contributed by atoms with Crippen LogP contribution in [0, 0.1) is 11.8 Å². The lowest BCUT2D eigenvalue weighted by Crippen LogP contribution is -2.47. The third kappa shape index (κ3) is 3.36. The van der Waals surface area contributed by atoms with Gasteiger partial charge in [0.25, 0.3) is 0 Å². The Balaban J connectivity index is 2.10. The highest BCUT2D eigenvalue weighted by Crippen LogP contribution is 2.33. The van der Waals surface area contributed by atoms with E-state index in [4.69, 9.17) is 0 Å². The fourth-order valence-electron chi connectivity index (χ4n) is 3.96. The predicted molar refractivity (Wildman–Crippen MR) is 83.3 cm³/mol. The van der Waals surface area contributed by atoms with Crippen LogP contribution in [0.2, 0.25) is 0 Å². The first-order chi connectivity index (χ1) is 9.56. The van der Waals surface area contributed by atoms with E-state index < -0.39 is 0 Å². The summed E-state index contributed by atoms with van der Waals surface area (Å²) in [7, 11) is 0. The van der Waals surface area contributed by atoms with Gasteiger partial charge in [0, 0.05) is 6.04 Å². The number of hydrogen-bond acceptors (Lipinski definition) is 2. The van der Waals surface area contributed by atoms with Crippen molar-refractivity contribution in [2.45, 2.75) is 90.9 Å². The molecule has 3 nitrogen and oxygen atoms in total. The molecule has 1 N–H and O–H groups in total. The minimum atomic E-state index is 0.0563. The summed E-state index contributed by atoms with van der Waals surface area (Å²) in [5, 5.41) is 3.58. The molecule has 4 unspecified atom stereocenters. The molecule has 1 saturated heterocycles. The van der Waals surface area contributed by atoms with Crippen LogP contribution in [0.5, 0.6) is 0 Å². The number of carbonyl (C=O) groups excluding carboxylic acids is 1. The number of nitrogens with zero attached hydrogens (tertiary/aromatic N) is 1. The van der Waals surface area contributed by atoms with Crippen LogP contribution in [0.1, 0.15) is 72.6 Å². The topological polar surface area (TPSA) is 32.3 Å². The standard InChI is InChI=1S/C17H32N2O/c1-5-13-8-7-9-14(11-13)19-16(10-12(3)4)18-15(6-2)17(19)20/h12-16,18H,5-11H2,1-4H3. The largest absolute Gasteiger partial charge is 0.323 e. The van der Waals surface area contributed by atoms with E-state index in [1.807, 2.05) is 0 Å². The molecule has 4 atom stereocenters. The molecule has 2 rings (SSSR count). The van der Waals surface area contributed by atoms with Crippen LogP contribution in [0.25, 0.3) is 0 Å². The van der Waals surface area contributed by atoms with E-state index >= 15 is 0 Å². The molecular formula is C17H32N2O. The molecular weight excluding hydrogens is 248 g/mol. The van der Waals surface area contributed by atoms with Crippen molar-refractivity contribution in [2.24, 2.45) is 11.8 Å². The minimum Gasteiger partial charge on any atom is -0.323 e. The third-order valence-electron chi connectivity index (χ3n) is 5.11. The van der Waals surface area contributed by atoms with E-state index in [9.17, 15) is 4.79 Å². The highest BCUT2D eigenvalue weighted by molar-refractivity contribution is 5.84. The van der Waals surface area contributed by atoms with Crippen LogP contribution < -0.4 is 5.32 Å². The van der Waals surface area contributed by atoms with Crippen molar-refractivity contribution >= 4 is 5.91 Å². The Morgan fingerprint density at radius 1 is 1.25 bits per heavy atom. The Morgan fingerprint density at radius 2 is 2.00 bits per heavy atom. The summed E-state index contributed by atoms with van der Waals surface area (Å²) >= 11 is 0. The lowest BCUT2D eigenvalue weighted by molar-refractivity contribution is -0.133. The second kappa shape index (κ2) is 6.93. The Morgan fingerprint density at radius 3 is 2.60 bits per heavy atom. The van der Waals surface area contributed by atoms with Gasteiger partial charge in [-0.1, -0.05) is 47.0 Å². The summed E-state index contributed by atoms with van der Waals surface area (Å²) in [6.07, 6.45) is 8.59. The molecule has 1 amide bonds. The average molecular weight is 280 g/mol. The molecule has 0 bridgehead atoms. The van der Waals surface area contributed by atoms with Gasteiger partial charge in [0.05, 0.1) is 12.2 Å². The van der Waals surface area contributed by atoms with Gasteiger partial charge >= 0.3 is 0 Å². The van der Waals surface area contributed by atoms with Crippen molar-refractivity contribution in [1.29, 1.82) is 0 Å². The molecule has 2 fully saturated rings. The number of rotatable bonds is 5. The number of carbonyl (C=O) groups is 1. The second-order valence-electron chi connectivity index (χ2n) is 7.11. The van der Waals surface area contributed by atoms with Crippen molar-refractivity contribution in [1.82, 2.24) is 10.2 Å². The molecule has 0 aromatic heterocycles. The Labute approximate surface area is 124 Å². The lowest BCUT2D eigenvalue weighted by atomic mass is 9.83. The van der Waals surface area contributed by atoms with Gasteiger partial charge in [-0.2, -0.15) is 0 Å². The molecule has 116 valence electrons. The van der Waals surface area contributed by atoms with Crippen molar-refractivity contribution in [3.63, 3.8) is 0 Å². The summed E-state index contributed by atoms with van der Waals surface area (Å²) in [6, 6.07) is 0.537.